The van der Waals surface area contributed by atoms with Crippen LogP contribution in [0.25, 0.3) is 0 Å². The molecule has 0 fully saturated rings. The molecule has 0 saturated carbocycles. The first kappa shape index (κ1) is 13.3. The van der Waals surface area contributed by atoms with Gasteiger partial charge in [0, 0.05) is 0 Å². The molecule has 0 aliphatic rings. The van der Waals surface area contributed by atoms with Gasteiger partial charge in [-0.3, -0.25) is 9.05 Å². The Kier molecular flexibility index (Phi) is 8.54. The zero-order valence-corrected chi connectivity index (χ0v) is 6.43. The quantitative estimate of drug-likeness (QED) is 0.483. The van der Waals surface area contributed by atoms with Gasteiger partial charge < -0.3 is 4.89 Å². The molecule has 4 nitrogen and oxygen atoms in total. The van der Waals surface area contributed by atoms with Crippen LogP contribution < -0.4 is 0 Å². The fourth-order valence-electron chi connectivity index (χ4n) is 0.364. The van der Waals surface area contributed by atoms with Crippen LogP contribution in [0.3, 0.4) is 0 Å². The molecule has 0 radical (unpaired) electrons. The minimum atomic E-state index is -3.69. The van der Waals surface area contributed by atoms with E-state index in [1.807, 2.05) is 0 Å². The van der Waals surface area contributed by atoms with Crippen molar-refractivity contribution in [3.63, 3.8) is 0 Å². The second kappa shape index (κ2) is 6.42. The monoisotopic (exact) mass is 162 g/mol. The molecule has 0 aliphatic heterocycles. The van der Waals surface area contributed by atoms with Gasteiger partial charge in [-0.1, -0.05) is 0 Å². The van der Waals surface area contributed by atoms with E-state index in [0.29, 0.717) is 0 Å². The topological polar surface area (TPSA) is 55.8 Å². The van der Waals surface area contributed by atoms with E-state index in [0.717, 1.165) is 0 Å². The van der Waals surface area contributed by atoms with Crippen LogP contribution in [0.5, 0.6) is 0 Å². The van der Waals surface area contributed by atoms with Crippen molar-refractivity contribution < 1.29 is 18.5 Å². The number of phosphoric acid groups is 1. The van der Waals surface area contributed by atoms with Crippen molar-refractivity contribution in [3.8, 4) is 0 Å². The summed E-state index contributed by atoms with van der Waals surface area (Å²) in [6, 6.07) is 0. The molecule has 0 aromatic carbocycles. The van der Waals surface area contributed by atoms with E-state index in [-0.39, 0.29) is 32.1 Å². The molecular weight excluding hydrogens is 150 g/mol. The fraction of sp³-hybridized carbons (Fsp3) is 1.00. The predicted molar refractivity (Wildman–Crippen MR) is 40.2 cm³/mol. The summed E-state index contributed by atoms with van der Waals surface area (Å²) in [6.45, 7) is 3.63. The normalized spacial score (nSPS) is 10.7. The van der Waals surface area contributed by atoms with Crippen molar-refractivity contribution in [2.45, 2.75) is 13.8 Å². The summed E-state index contributed by atoms with van der Waals surface area (Å²) in [4.78, 5) is 8.63. The summed E-state index contributed by atoms with van der Waals surface area (Å²) in [5, 5.41) is 0. The van der Waals surface area contributed by atoms with Crippen LogP contribution in [-0.4, -0.2) is 37.0 Å². The third-order valence-corrected chi connectivity index (χ3v) is 1.75. The van der Waals surface area contributed by atoms with Gasteiger partial charge in [0.1, 0.15) is 0 Å². The molecule has 0 saturated heterocycles. The van der Waals surface area contributed by atoms with Gasteiger partial charge in [0.25, 0.3) is 0 Å². The van der Waals surface area contributed by atoms with E-state index in [1.165, 1.54) is 0 Å². The molecule has 10 heavy (non-hydrogen) atoms. The maximum atomic E-state index is 10.5. The Morgan fingerprint density at radius 1 is 1.30 bits per heavy atom. The third kappa shape index (κ3) is 6.82. The van der Waals surface area contributed by atoms with Gasteiger partial charge in [0.05, 0.1) is 13.2 Å². The minimum absolute atomic E-state index is 0. The van der Waals surface area contributed by atoms with Crippen molar-refractivity contribution in [1.82, 2.24) is 0 Å². The first-order valence-corrected chi connectivity index (χ1v) is 4.23. The van der Waals surface area contributed by atoms with Crippen LogP contribution >= 0.6 is 7.82 Å². The Hall–Kier alpha value is 0.707. The molecule has 0 aromatic heterocycles. The summed E-state index contributed by atoms with van der Waals surface area (Å²) in [5.74, 6) is 0. The van der Waals surface area contributed by atoms with Crippen molar-refractivity contribution >= 4 is 26.7 Å². The van der Waals surface area contributed by atoms with Crippen LogP contribution in [0, 0.1) is 0 Å². The second-order valence-electron chi connectivity index (χ2n) is 1.30. The van der Waals surface area contributed by atoms with Gasteiger partial charge in [0.2, 0.25) is 0 Å². The molecule has 6 heteroatoms. The average Bonchev–Trinajstić information content (AvgIpc) is 1.64. The van der Waals surface area contributed by atoms with Gasteiger partial charge in [-0.05, 0) is 13.8 Å². The second-order valence-corrected chi connectivity index (χ2v) is 2.76. The number of phosphoric ester groups is 1. The molecule has 0 aromatic rings. The van der Waals surface area contributed by atoms with Crippen molar-refractivity contribution in [1.29, 1.82) is 0 Å². The molecule has 0 rings (SSSR count). The molecule has 0 spiro atoms. The Labute approximate surface area is 72.7 Å². The number of rotatable bonds is 4. The Bertz CT molecular complexity index is 108. The van der Waals surface area contributed by atoms with E-state index in [4.69, 9.17) is 4.89 Å². The molecular formula is C4H12LiO4P. The zero-order valence-electron chi connectivity index (χ0n) is 5.53. The summed E-state index contributed by atoms with van der Waals surface area (Å²) >= 11 is 0. The van der Waals surface area contributed by atoms with Crippen molar-refractivity contribution in [2.24, 2.45) is 0 Å². The molecule has 0 aliphatic carbocycles. The van der Waals surface area contributed by atoms with Crippen LogP contribution in [-0.2, 0) is 13.6 Å². The molecule has 0 bridgehead atoms. The van der Waals surface area contributed by atoms with E-state index >= 15 is 0 Å². The van der Waals surface area contributed by atoms with E-state index in [9.17, 15) is 4.57 Å². The van der Waals surface area contributed by atoms with Crippen molar-refractivity contribution in [2.75, 3.05) is 13.2 Å². The molecule has 0 amide bonds. The first-order chi connectivity index (χ1) is 4.12. The number of hydrogen-bond donors (Lipinski definition) is 1. The van der Waals surface area contributed by atoms with Gasteiger partial charge in [-0.2, -0.15) is 0 Å². The summed E-state index contributed by atoms with van der Waals surface area (Å²) in [6.07, 6.45) is 0. The van der Waals surface area contributed by atoms with Crippen LogP contribution in [0.4, 0.5) is 0 Å². The summed E-state index contributed by atoms with van der Waals surface area (Å²) in [7, 11) is -3.69. The predicted octanol–water partition coefficient (Wildman–Crippen LogP) is 0.511. The zero-order chi connectivity index (χ0) is 7.33. The van der Waals surface area contributed by atoms with Gasteiger partial charge in [-0.15, -0.1) is 0 Å². The van der Waals surface area contributed by atoms with Crippen molar-refractivity contribution in [3.05, 3.63) is 0 Å². The van der Waals surface area contributed by atoms with E-state index in [1.54, 1.807) is 13.8 Å². The maximum absolute atomic E-state index is 10.5. The van der Waals surface area contributed by atoms with Crippen LogP contribution in [0.1, 0.15) is 13.8 Å². The van der Waals surface area contributed by atoms with Crippen LogP contribution in [0.2, 0.25) is 0 Å². The summed E-state index contributed by atoms with van der Waals surface area (Å²) < 4.78 is 19.2. The molecule has 58 valence electrons. The SMILES string of the molecule is CCOP(=O)(O)OCC.[LiH]. The fourth-order valence-corrected chi connectivity index (χ4v) is 1.09. The molecule has 1 N–H and O–H groups in total. The third-order valence-electron chi connectivity index (χ3n) is 0.584. The first-order valence-electron chi connectivity index (χ1n) is 2.74. The van der Waals surface area contributed by atoms with Crippen LogP contribution in [0.15, 0.2) is 0 Å². The Morgan fingerprint density at radius 2 is 1.60 bits per heavy atom. The van der Waals surface area contributed by atoms with Gasteiger partial charge in [-0.25, -0.2) is 4.57 Å². The van der Waals surface area contributed by atoms with E-state index in [2.05, 4.69) is 9.05 Å². The summed E-state index contributed by atoms with van der Waals surface area (Å²) in [5.41, 5.74) is 0. The molecule has 0 heterocycles. The van der Waals surface area contributed by atoms with Gasteiger partial charge in [0.15, 0.2) is 0 Å². The average molecular weight is 162 g/mol. The Morgan fingerprint density at radius 3 is 1.80 bits per heavy atom. The molecule has 0 unspecified atom stereocenters. The van der Waals surface area contributed by atoms with Gasteiger partial charge >= 0.3 is 26.7 Å². The Balaban J connectivity index is 0. The molecule has 0 atom stereocenters. The standard InChI is InChI=1S/C4H11O4P.Li.H/c1-3-7-9(5,6)8-4-2;;/h3-4H2,1-2H3,(H,5,6);;. The number of hydrogen-bond acceptors (Lipinski definition) is 3. The van der Waals surface area contributed by atoms with E-state index < -0.39 is 7.82 Å².